The highest BCUT2D eigenvalue weighted by Crippen LogP contribution is 2.28. The van der Waals surface area contributed by atoms with E-state index in [-0.39, 0.29) is 5.92 Å². The van der Waals surface area contributed by atoms with Gasteiger partial charge in [-0.3, -0.25) is 9.59 Å². The number of hydrazone groups is 1. The molecule has 32 heavy (non-hydrogen) atoms. The number of rotatable bonds is 10. The molecule has 0 saturated heterocycles. The van der Waals surface area contributed by atoms with Crippen LogP contribution >= 0.6 is 23.2 Å². The molecule has 170 valence electrons. The quantitative estimate of drug-likeness (QED) is 0.370. The zero-order valence-corrected chi connectivity index (χ0v) is 19.7. The number of benzene rings is 2. The highest BCUT2D eigenvalue weighted by Gasteiger charge is 2.25. The molecule has 0 spiro atoms. The van der Waals surface area contributed by atoms with E-state index in [4.69, 9.17) is 27.9 Å². The van der Waals surface area contributed by atoms with Crippen molar-refractivity contribution in [1.29, 1.82) is 0 Å². The summed E-state index contributed by atoms with van der Waals surface area (Å²) in [5, 5.41) is 7.42. The Bertz CT molecular complexity index is 962. The van der Waals surface area contributed by atoms with E-state index in [0.29, 0.717) is 22.2 Å². The van der Waals surface area contributed by atoms with Crippen molar-refractivity contribution in [2.75, 3.05) is 0 Å². The summed E-state index contributed by atoms with van der Waals surface area (Å²) in [7, 11) is 0. The van der Waals surface area contributed by atoms with Crippen LogP contribution in [-0.4, -0.2) is 30.2 Å². The minimum atomic E-state index is -0.867. The second-order valence-corrected chi connectivity index (χ2v) is 8.39. The van der Waals surface area contributed by atoms with Gasteiger partial charge in [0.15, 0.2) is 6.10 Å². The Kier molecular flexibility index (Phi) is 10.2. The van der Waals surface area contributed by atoms with Gasteiger partial charge >= 0.3 is 0 Å². The highest BCUT2D eigenvalue weighted by molar-refractivity contribution is 6.35. The van der Waals surface area contributed by atoms with E-state index in [0.717, 1.165) is 5.56 Å². The predicted molar refractivity (Wildman–Crippen MR) is 130 cm³/mol. The van der Waals surface area contributed by atoms with Gasteiger partial charge in [-0.1, -0.05) is 73.5 Å². The molecule has 0 saturated carbocycles. The van der Waals surface area contributed by atoms with Crippen molar-refractivity contribution in [3.8, 4) is 5.75 Å². The zero-order valence-electron chi connectivity index (χ0n) is 18.2. The summed E-state index contributed by atoms with van der Waals surface area (Å²) in [6, 6.07) is 13.7. The van der Waals surface area contributed by atoms with E-state index in [1.165, 1.54) is 12.3 Å². The van der Waals surface area contributed by atoms with Crippen LogP contribution in [0.1, 0.15) is 32.8 Å². The number of hydrogen-bond acceptors (Lipinski definition) is 4. The molecule has 8 heteroatoms. The summed E-state index contributed by atoms with van der Waals surface area (Å²) in [6.45, 7) is 5.51. The number of allylic oxidation sites excluding steroid dienone is 1. The van der Waals surface area contributed by atoms with Crippen molar-refractivity contribution in [3.05, 3.63) is 70.2 Å². The maximum absolute atomic E-state index is 12.6. The fourth-order valence-electron chi connectivity index (χ4n) is 2.75. The van der Waals surface area contributed by atoms with Crippen LogP contribution in [0.2, 0.25) is 10.0 Å². The summed E-state index contributed by atoms with van der Waals surface area (Å²) < 4.78 is 5.63. The normalized spacial score (nSPS) is 13.3. The van der Waals surface area contributed by atoms with Gasteiger partial charge in [0.2, 0.25) is 0 Å². The molecule has 2 aromatic carbocycles. The third-order valence-corrected chi connectivity index (χ3v) is 4.86. The van der Waals surface area contributed by atoms with Crippen LogP contribution in [0.15, 0.2) is 59.7 Å². The number of amides is 2. The molecule has 0 aromatic heterocycles. The summed E-state index contributed by atoms with van der Waals surface area (Å²) in [5.74, 6) is -0.341. The highest BCUT2D eigenvalue weighted by atomic mass is 35.5. The molecule has 2 aromatic rings. The average molecular weight is 476 g/mol. The predicted octanol–water partition coefficient (Wildman–Crippen LogP) is 5.11. The van der Waals surface area contributed by atoms with Gasteiger partial charge in [-0.25, -0.2) is 5.43 Å². The molecule has 0 radical (unpaired) electrons. The van der Waals surface area contributed by atoms with E-state index in [2.05, 4.69) is 15.8 Å². The number of halogens is 2. The molecular formula is C24H27Cl2N3O3. The standard InChI is InChI=1S/C24H27Cl2N3O3/c1-16(2)14-21(24(31)29-27-13-7-10-18-8-5-4-6-9-18)28-23(30)17(3)32-22-12-11-19(25)15-20(22)26/h4-13,15-17,21H,14H2,1-3H3,(H,28,30)(H,29,31)/b10-7+,27-13-/t17-,21-/m0/s1. The zero-order chi connectivity index (χ0) is 23.5. The summed E-state index contributed by atoms with van der Waals surface area (Å²) in [4.78, 5) is 25.2. The van der Waals surface area contributed by atoms with Gasteiger partial charge < -0.3 is 10.1 Å². The molecule has 2 atom stereocenters. The molecule has 2 N–H and O–H groups in total. The second-order valence-electron chi connectivity index (χ2n) is 7.55. The Balaban J connectivity index is 1.94. The smallest absolute Gasteiger partial charge is 0.262 e. The lowest BCUT2D eigenvalue weighted by atomic mass is 10.0. The number of carbonyl (C=O) groups is 2. The SMILES string of the molecule is CC(C)C[C@H](NC(=O)[C@H](C)Oc1ccc(Cl)cc1Cl)C(=O)N/N=C\C=C\c1ccccc1. The first-order valence-corrected chi connectivity index (χ1v) is 11.0. The Hall–Kier alpha value is -2.83. The number of nitrogens with one attached hydrogen (secondary N) is 2. The van der Waals surface area contributed by atoms with Crippen molar-refractivity contribution < 1.29 is 14.3 Å². The molecule has 2 rings (SSSR count). The van der Waals surface area contributed by atoms with Gasteiger partial charge in [0.1, 0.15) is 11.8 Å². The topological polar surface area (TPSA) is 79.8 Å². The van der Waals surface area contributed by atoms with Gasteiger partial charge in [-0.15, -0.1) is 0 Å². The second kappa shape index (κ2) is 12.9. The lowest BCUT2D eigenvalue weighted by molar-refractivity contribution is -0.132. The lowest BCUT2D eigenvalue weighted by Crippen LogP contribution is -2.49. The van der Waals surface area contributed by atoms with Gasteiger partial charge in [-0.05, 0) is 49.1 Å². The van der Waals surface area contributed by atoms with Gasteiger partial charge in [0.05, 0.1) is 5.02 Å². The summed E-state index contributed by atoms with van der Waals surface area (Å²) in [6.07, 6.45) is 4.64. The van der Waals surface area contributed by atoms with Crippen LogP contribution in [0.3, 0.4) is 0 Å². The van der Waals surface area contributed by atoms with Crippen molar-refractivity contribution >= 4 is 47.3 Å². The minimum Gasteiger partial charge on any atom is -0.479 e. The van der Waals surface area contributed by atoms with Crippen LogP contribution < -0.4 is 15.5 Å². The fourth-order valence-corrected chi connectivity index (χ4v) is 3.20. The summed E-state index contributed by atoms with van der Waals surface area (Å²) >= 11 is 12.0. The van der Waals surface area contributed by atoms with Crippen molar-refractivity contribution in [1.82, 2.24) is 10.7 Å². The first-order chi connectivity index (χ1) is 15.3. The number of hydrogen-bond donors (Lipinski definition) is 2. The van der Waals surface area contributed by atoms with E-state index in [9.17, 15) is 9.59 Å². The number of carbonyl (C=O) groups excluding carboxylic acids is 2. The molecule has 0 fully saturated rings. The molecule has 2 amide bonds. The van der Waals surface area contributed by atoms with Crippen molar-refractivity contribution in [2.24, 2.45) is 11.0 Å². The van der Waals surface area contributed by atoms with Gasteiger partial charge in [0.25, 0.3) is 11.8 Å². The molecule has 6 nitrogen and oxygen atoms in total. The van der Waals surface area contributed by atoms with Crippen LogP contribution in [0, 0.1) is 5.92 Å². The number of ether oxygens (including phenoxy) is 1. The van der Waals surface area contributed by atoms with E-state index in [1.807, 2.05) is 50.3 Å². The average Bonchev–Trinajstić information content (AvgIpc) is 2.75. The molecule has 0 aliphatic rings. The van der Waals surface area contributed by atoms with Crippen LogP contribution in [-0.2, 0) is 9.59 Å². The minimum absolute atomic E-state index is 0.176. The van der Waals surface area contributed by atoms with E-state index < -0.39 is 24.0 Å². The van der Waals surface area contributed by atoms with Gasteiger partial charge in [0, 0.05) is 11.2 Å². The Morgan fingerprint density at radius 2 is 1.78 bits per heavy atom. The monoisotopic (exact) mass is 475 g/mol. The largest absolute Gasteiger partial charge is 0.479 e. The van der Waals surface area contributed by atoms with Gasteiger partial charge in [-0.2, -0.15) is 5.10 Å². The molecular weight excluding hydrogens is 449 g/mol. The van der Waals surface area contributed by atoms with Crippen LogP contribution in [0.5, 0.6) is 5.75 Å². The molecule has 0 heterocycles. The molecule has 0 aliphatic heterocycles. The maximum Gasteiger partial charge on any atom is 0.262 e. The summed E-state index contributed by atoms with van der Waals surface area (Å²) in [5.41, 5.74) is 3.49. The van der Waals surface area contributed by atoms with E-state index in [1.54, 1.807) is 25.1 Å². The van der Waals surface area contributed by atoms with Crippen LogP contribution in [0.25, 0.3) is 6.08 Å². The molecule has 0 unspecified atom stereocenters. The molecule has 0 aliphatic carbocycles. The first-order valence-electron chi connectivity index (χ1n) is 10.2. The van der Waals surface area contributed by atoms with E-state index >= 15 is 0 Å². The third kappa shape index (κ3) is 8.73. The van der Waals surface area contributed by atoms with Crippen LogP contribution in [0.4, 0.5) is 0 Å². The third-order valence-electron chi connectivity index (χ3n) is 4.33. The van der Waals surface area contributed by atoms with Crippen molar-refractivity contribution in [2.45, 2.75) is 39.3 Å². The van der Waals surface area contributed by atoms with Crippen molar-refractivity contribution in [3.63, 3.8) is 0 Å². The number of nitrogens with zero attached hydrogens (tertiary/aromatic N) is 1. The Labute approximate surface area is 198 Å². The maximum atomic E-state index is 12.6. The first kappa shape index (κ1) is 25.4. The lowest BCUT2D eigenvalue weighted by Gasteiger charge is -2.22. The Morgan fingerprint density at radius 3 is 2.44 bits per heavy atom. The molecule has 0 bridgehead atoms. The Morgan fingerprint density at radius 1 is 1.06 bits per heavy atom. The fraction of sp³-hybridized carbons (Fsp3) is 0.292.